The van der Waals surface area contributed by atoms with Crippen molar-refractivity contribution < 1.29 is 9.59 Å². The van der Waals surface area contributed by atoms with E-state index in [4.69, 9.17) is 0 Å². The number of amides is 2. The summed E-state index contributed by atoms with van der Waals surface area (Å²) in [5, 5.41) is 11.1. The summed E-state index contributed by atoms with van der Waals surface area (Å²) in [6.07, 6.45) is 8.72. The smallest absolute Gasteiger partial charge is 0.273 e. The number of aromatic nitrogens is 4. The Labute approximate surface area is 224 Å². The average molecular weight is 516 g/mol. The molecule has 1 aliphatic rings. The van der Waals surface area contributed by atoms with Crippen LogP contribution in [-0.2, 0) is 16.9 Å². The van der Waals surface area contributed by atoms with Crippen LogP contribution in [0.25, 0.3) is 11.1 Å². The zero-order chi connectivity index (χ0) is 27.4. The molecule has 4 rings (SSSR count). The second-order valence-corrected chi connectivity index (χ2v) is 10.8. The van der Waals surface area contributed by atoms with E-state index >= 15 is 0 Å². The normalized spacial score (nSPS) is 15.7. The number of piperidine rings is 1. The van der Waals surface area contributed by atoms with Gasteiger partial charge in [-0.15, -0.1) is 5.10 Å². The number of pyridine rings is 1. The molecule has 2 amide bonds. The minimum absolute atomic E-state index is 0.0552. The van der Waals surface area contributed by atoms with Gasteiger partial charge in [-0.1, -0.05) is 30.0 Å². The van der Waals surface area contributed by atoms with Gasteiger partial charge < -0.3 is 15.1 Å². The molecular weight excluding hydrogens is 478 g/mol. The lowest BCUT2D eigenvalue weighted by Crippen LogP contribution is -2.48. The molecule has 3 heterocycles. The van der Waals surface area contributed by atoms with Gasteiger partial charge in [-0.05, 0) is 69.4 Å². The molecule has 2 aromatic heterocycles. The number of carbonyl (C=O) groups excluding carboxylic acids is 2. The lowest BCUT2D eigenvalue weighted by Gasteiger charge is -2.39. The minimum Gasteiger partial charge on any atom is -0.368 e. The van der Waals surface area contributed by atoms with E-state index in [9.17, 15) is 9.59 Å². The van der Waals surface area contributed by atoms with Crippen molar-refractivity contribution in [3.63, 3.8) is 0 Å². The number of likely N-dealkylation sites (N-methyl/N-ethyl adjacent to an activating group) is 1. The highest BCUT2D eigenvalue weighted by Gasteiger charge is 2.27. The Bertz CT molecular complexity index is 1320. The predicted molar refractivity (Wildman–Crippen MR) is 149 cm³/mol. The summed E-state index contributed by atoms with van der Waals surface area (Å²) in [4.78, 5) is 33.3. The van der Waals surface area contributed by atoms with Crippen LogP contribution in [0.3, 0.4) is 0 Å². The average Bonchev–Trinajstić information content (AvgIpc) is 3.43. The fourth-order valence-corrected chi connectivity index (χ4v) is 4.72. The van der Waals surface area contributed by atoms with Crippen molar-refractivity contribution in [1.82, 2.24) is 30.2 Å². The zero-order valence-corrected chi connectivity index (χ0v) is 22.9. The molecule has 0 unspecified atom stereocenters. The van der Waals surface area contributed by atoms with Crippen molar-refractivity contribution >= 4 is 17.5 Å². The van der Waals surface area contributed by atoms with Gasteiger partial charge in [0.25, 0.3) is 5.91 Å². The Kier molecular flexibility index (Phi) is 7.94. The molecule has 3 aromatic rings. The van der Waals surface area contributed by atoms with Gasteiger partial charge in [-0.3, -0.25) is 14.6 Å². The van der Waals surface area contributed by atoms with E-state index in [1.54, 1.807) is 15.8 Å². The molecule has 0 radical (unpaired) electrons. The number of carbonyl (C=O) groups is 2. The van der Waals surface area contributed by atoms with Crippen LogP contribution in [0.4, 0.5) is 5.69 Å². The summed E-state index contributed by atoms with van der Waals surface area (Å²) < 4.78 is 1.69. The third-order valence-electron chi connectivity index (χ3n) is 7.11. The third kappa shape index (κ3) is 5.93. The van der Waals surface area contributed by atoms with Gasteiger partial charge in [0.2, 0.25) is 5.91 Å². The van der Waals surface area contributed by atoms with E-state index in [0.29, 0.717) is 12.2 Å². The Hall–Kier alpha value is -4.01. The summed E-state index contributed by atoms with van der Waals surface area (Å²) in [5.74, 6) is -0.305. The molecule has 1 fully saturated rings. The van der Waals surface area contributed by atoms with Crippen LogP contribution in [0.15, 0.2) is 55.5 Å². The van der Waals surface area contributed by atoms with Crippen LogP contribution < -0.4 is 10.2 Å². The first-order valence-electron chi connectivity index (χ1n) is 13.0. The van der Waals surface area contributed by atoms with Crippen molar-refractivity contribution in [2.75, 3.05) is 25.0 Å². The summed E-state index contributed by atoms with van der Waals surface area (Å²) in [5.41, 5.74) is 5.41. The number of anilines is 1. The van der Waals surface area contributed by atoms with Crippen molar-refractivity contribution in [2.24, 2.45) is 0 Å². The fourth-order valence-electron chi connectivity index (χ4n) is 4.72. The number of hydrogen-bond acceptors (Lipinski definition) is 6. The molecule has 1 N–H and O–H groups in total. The Balaban J connectivity index is 1.48. The molecule has 0 saturated carbocycles. The molecule has 9 heteroatoms. The third-order valence-corrected chi connectivity index (χ3v) is 7.11. The highest BCUT2D eigenvalue weighted by atomic mass is 16.2. The molecule has 0 aliphatic carbocycles. The van der Waals surface area contributed by atoms with E-state index in [2.05, 4.69) is 57.2 Å². The highest BCUT2D eigenvalue weighted by Crippen LogP contribution is 2.33. The van der Waals surface area contributed by atoms with Gasteiger partial charge in [0, 0.05) is 44.5 Å². The van der Waals surface area contributed by atoms with Crippen LogP contribution in [0.1, 0.15) is 55.2 Å². The van der Waals surface area contributed by atoms with E-state index in [0.717, 1.165) is 53.9 Å². The maximum atomic E-state index is 12.6. The maximum Gasteiger partial charge on any atom is 0.273 e. The lowest BCUT2D eigenvalue weighted by molar-refractivity contribution is -0.126. The molecule has 200 valence electrons. The molecule has 1 aliphatic heterocycles. The number of nitrogens with one attached hydrogen (secondary N) is 1. The van der Waals surface area contributed by atoms with Gasteiger partial charge >= 0.3 is 0 Å². The summed E-state index contributed by atoms with van der Waals surface area (Å²) in [7, 11) is 1.84. The summed E-state index contributed by atoms with van der Waals surface area (Å²) in [6.45, 7) is 13.8. The SMILES string of the molecule is C=CC(=O)N(C)[C@H]1CCCN(c2cnccc2-c2ccc(CNC(=O)c3cn(C(C)(C)C)nn3)c(C)c2)C1. The zero-order valence-electron chi connectivity index (χ0n) is 22.9. The molecule has 0 spiro atoms. The largest absolute Gasteiger partial charge is 0.368 e. The lowest BCUT2D eigenvalue weighted by atomic mass is 9.97. The number of benzene rings is 1. The quantitative estimate of drug-likeness (QED) is 0.479. The Morgan fingerprint density at radius 2 is 2.05 bits per heavy atom. The first kappa shape index (κ1) is 27.0. The van der Waals surface area contributed by atoms with Gasteiger partial charge in [-0.2, -0.15) is 0 Å². The molecule has 0 bridgehead atoms. The highest BCUT2D eigenvalue weighted by molar-refractivity contribution is 5.91. The van der Waals surface area contributed by atoms with E-state index in [1.165, 1.54) is 6.08 Å². The van der Waals surface area contributed by atoms with Crippen LogP contribution in [0.2, 0.25) is 0 Å². The monoisotopic (exact) mass is 515 g/mol. The fraction of sp³-hybridized carbons (Fsp3) is 0.414. The van der Waals surface area contributed by atoms with E-state index in [1.807, 2.05) is 46.3 Å². The van der Waals surface area contributed by atoms with Gasteiger partial charge in [-0.25, -0.2) is 4.68 Å². The molecule has 9 nitrogen and oxygen atoms in total. The summed E-state index contributed by atoms with van der Waals surface area (Å²) in [6, 6.07) is 8.44. The molecular formula is C29H37N7O2. The molecule has 1 saturated heterocycles. The number of rotatable bonds is 7. The minimum atomic E-state index is -0.250. The van der Waals surface area contributed by atoms with Gasteiger partial charge in [0.05, 0.1) is 23.6 Å². The van der Waals surface area contributed by atoms with Crippen molar-refractivity contribution in [3.8, 4) is 11.1 Å². The number of nitrogens with zero attached hydrogens (tertiary/aromatic N) is 6. The topological polar surface area (TPSA) is 96.2 Å². The van der Waals surface area contributed by atoms with Crippen molar-refractivity contribution in [1.29, 1.82) is 0 Å². The Morgan fingerprint density at radius 3 is 2.74 bits per heavy atom. The summed E-state index contributed by atoms with van der Waals surface area (Å²) >= 11 is 0. The number of hydrogen-bond donors (Lipinski definition) is 1. The first-order chi connectivity index (χ1) is 18.1. The Morgan fingerprint density at radius 1 is 1.26 bits per heavy atom. The van der Waals surface area contributed by atoms with Crippen LogP contribution in [0, 0.1) is 6.92 Å². The second kappa shape index (κ2) is 11.2. The number of aryl methyl sites for hydroxylation is 1. The molecule has 38 heavy (non-hydrogen) atoms. The van der Waals surface area contributed by atoms with Gasteiger partial charge in [0.15, 0.2) is 5.69 Å². The van der Waals surface area contributed by atoms with E-state index < -0.39 is 0 Å². The maximum absolute atomic E-state index is 12.6. The second-order valence-electron chi connectivity index (χ2n) is 10.8. The predicted octanol–water partition coefficient (Wildman–Crippen LogP) is 3.95. The van der Waals surface area contributed by atoms with Crippen LogP contribution >= 0.6 is 0 Å². The van der Waals surface area contributed by atoms with Gasteiger partial charge in [0.1, 0.15) is 0 Å². The molecule has 1 aromatic carbocycles. The molecule has 1 atom stereocenters. The van der Waals surface area contributed by atoms with Crippen molar-refractivity contribution in [3.05, 3.63) is 72.3 Å². The van der Waals surface area contributed by atoms with Crippen LogP contribution in [-0.4, -0.2) is 62.9 Å². The van der Waals surface area contributed by atoms with E-state index in [-0.39, 0.29) is 23.4 Å². The van der Waals surface area contributed by atoms with Crippen molar-refractivity contribution in [2.45, 2.75) is 58.7 Å². The standard InChI is InChI=1S/C29H37N7O2/c1-7-27(37)34(6)23-9-8-14-35(18-23)26-17-30-13-12-24(26)21-10-11-22(20(2)15-21)16-31-28(38)25-19-36(33-32-25)29(3,4)5/h7,10-13,15,17,19,23H,1,8-9,14,16,18H2,2-6H3,(H,31,38)/t23-/m0/s1. The first-order valence-corrected chi connectivity index (χ1v) is 13.0. The van der Waals surface area contributed by atoms with Crippen LogP contribution in [0.5, 0.6) is 0 Å².